The number of aliphatic hydroxyl groups excluding tert-OH is 2. The van der Waals surface area contributed by atoms with Gasteiger partial charge in [0.1, 0.15) is 33.6 Å². The standard InChI is InChI=1S/C25H30BrClIN3O4/c1-16(11-27)14-35-23-9-6-18(10-21(23)26)25(2,3)17-4-7-20(8-5-17)34-15-19(33)12-31-24(28)22(13-32)29-30-31/h4-10,16,19,32-33H,11-15H2,1-3H3/t16-,19+/m1/s1/i28-4. The van der Waals surface area contributed by atoms with Crippen LogP contribution >= 0.6 is 50.1 Å². The fourth-order valence-corrected chi connectivity index (χ4v) is 4.57. The summed E-state index contributed by atoms with van der Waals surface area (Å²) < 4.78 is 14.8. The number of rotatable bonds is 12. The molecule has 0 unspecified atom stereocenters. The Hall–Kier alpha value is -1.40. The number of ether oxygens (including phenoxy) is 2. The lowest BCUT2D eigenvalue weighted by molar-refractivity contribution is 0.0881. The van der Waals surface area contributed by atoms with Gasteiger partial charge in [0, 0.05) is 17.2 Å². The summed E-state index contributed by atoms with van der Waals surface area (Å²) in [5.74, 6) is 2.32. The molecule has 0 saturated heterocycles. The molecule has 0 fully saturated rings. The van der Waals surface area contributed by atoms with Crippen LogP contribution in [0.4, 0.5) is 0 Å². The van der Waals surface area contributed by atoms with E-state index in [9.17, 15) is 10.2 Å². The zero-order chi connectivity index (χ0) is 25.6. The Morgan fingerprint density at radius 2 is 1.80 bits per heavy atom. The van der Waals surface area contributed by atoms with Crippen molar-refractivity contribution in [3.63, 3.8) is 0 Å². The van der Waals surface area contributed by atoms with E-state index in [0.717, 1.165) is 21.3 Å². The van der Waals surface area contributed by atoms with Crippen LogP contribution in [-0.4, -0.2) is 50.4 Å². The van der Waals surface area contributed by atoms with E-state index in [1.807, 2.05) is 52.9 Å². The maximum Gasteiger partial charge on any atom is 0.133 e. The Labute approximate surface area is 233 Å². The molecular weight excluding hydrogens is 645 g/mol. The van der Waals surface area contributed by atoms with Crippen molar-refractivity contribution in [2.24, 2.45) is 5.92 Å². The van der Waals surface area contributed by atoms with Gasteiger partial charge in [-0.25, -0.2) is 4.68 Å². The molecule has 10 heteroatoms. The highest BCUT2D eigenvalue weighted by Crippen LogP contribution is 2.36. The molecule has 2 aromatic carbocycles. The minimum Gasteiger partial charge on any atom is -0.492 e. The first kappa shape index (κ1) is 28.2. The average Bonchev–Trinajstić information content (AvgIpc) is 3.20. The Morgan fingerprint density at radius 1 is 1.11 bits per heavy atom. The monoisotopic (exact) mass is 673 g/mol. The number of benzene rings is 2. The Bertz CT molecular complexity index is 1110. The van der Waals surface area contributed by atoms with E-state index in [1.54, 1.807) is 4.68 Å². The third kappa shape index (κ3) is 7.31. The summed E-state index contributed by atoms with van der Waals surface area (Å²) in [6, 6.07) is 14.1. The molecule has 1 aromatic heterocycles. The van der Waals surface area contributed by atoms with Crippen molar-refractivity contribution in [3.05, 3.63) is 67.5 Å². The van der Waals surface area contributed by atoms with E-state index < -0.39 is 6.10 Å². The molecule has 2 atom stereocenters. The number of alkyl halides is 1. The molecule has 0 aliphatic carbocycles. The fraction of sp³-hybridized carbons (Fsp3) is 0.440. The zero-order valence-corrected chi connectivity index (χ0v) is 24.4. The van der Waals surface area contributed by atoms with Gasteiger partial charge in [0.05, 0.1) is 24.2 Å². The van der Waals surface area contributed by atoms with Crippen molar-refractivity contribution in [3.8, 4) is 11.5 Å². The summed E-state index contributed by atoms with van der Waals surface area (Å²) in [5, 5.41) is 27.4. The number of hydrogen-bond donors (Lipinski definition) is 2. The molecular formula is C25H30BrClIN3O4. The Balaban J connectivity index is 1.60. The highest BCUT2D eigenvalue weighted by atomic mass is 123. The van der Waals surface area contributed by atoms with Gasteiger partial charge in [-0.3, -0.25) is 0 Å². The van der Waals surface area contributed by atoms with E-state index in [-0.39, 0.29) is 31.1 Å². The normalized spacial score (nSPS) is 13.5. The highest BCUT2D eigenvalue weighted by molar-refractivity contribution is 14.1. The molecule has 7 nitrogen and oxygen atoms in total. The van der Waals surface area contributed by atoms with Crippen LogP contribution in [-0.2, 0) is 18.6 Å². The van der Waals surface area contributed by atoms with Gasteiger partial charge in [0.15, 0.2) is 0 Å². The molecule has 0 amide bonds. The predicted octanol–water partition coefficient (Wildman–Crippen LogP) is 5.16. The summed E-state index contributed by atoms with van der Waals surface area (Å²) >= 11 is 11.6. The van der Waals surface area contributed by atoms with Gasteiger partial charge < -0.3 is 19.7 Å². The summed E-state index contributed by atoms with van der Waals surface area (Å²) in [4.78, 5) is 0. The fourth-order valence-electron chi connectivity index (χ4n) is 3.41. The minimum absolute atomic E-state index is 0.115. The first-order valence-corrected chi connectivity index (χ1v) is 13.6. The average molecular weight is 675 g/mol. The summed E-state index contributed by atoms with van der Waals surface area (Å²) in [7, 11) is 0. The molecule has 3 rings (SSSR count). The molecule has 3 aromatic rings. The van der Waals surface area contributed by atoms with Crippen LogP contribution in [0, 0.1) is 9.62 Å². The quantitative estimate of drug-likeness (QED) is 0.204. The van der Waals surface area contributed by atoms with Gasteiger partial charge in [0.2, 0.25) is 0 Å². The van der Waals surface area contributed by atoms with Gasteiger partial charge in [-0.15, -0.1) is 16.7 Å². The Kier molecular flexibility index (Phi) is 10.2. The number of hydrogen-bond acceptors (Lipinski definition) is 6. The number of aliphatic hydroxyl groups is 2. The lowest BCUT2D eigenvalue weighted by atomic mass is 9.78. The second-order valence-electron chi connectivity index (χ2n) is 9.00. The number of nitrogens with zero attached hydrogens (tertiary/aromatic N) is 3. The molecule has 190 valence electrons. The van der Waals surface area contributed by atoms with Crippen LogP contribution in [0.15, 0.2) is 46.9 Å². The Morgan fingerprint density at radius 3 is 2.40 bits per heavy atom. The lowest BCUT2D eigenvalue weighted by Gasteiger charge is -2.27. The maximum absolute atomic E-state index is 10.3. The second kappa shape index (κ2) is 12.7. The highest BCUT2D eigenvalue weighted by Gasteiger charge is 2.24. The number of halogens is 3. The molecule has 1 heterocycles. The van der Waals surface area contributed by atoms with E-state index >= 15 is 0 Å². The van der Waals surface area contributed by atoms with E-state index in [2.05, 4.69) is 59.1 Å². The molecule has 35 heavy (non-hydrogen) atoms. The van der Waals surface area contributed by atoms with E-state index in [1.165, 1.54) is 0 Å². The molecule has 0 aliphatic rings. The molecule has 0 spiro atoms. The van der Waals surface area contributed by atoms with Gasteiger partial charge in [0.25, 0.3) is 0 Å². The van der Waals surface area contributed by atoms with Crippen molar-refractivity contribution < 1.29 is 19.7 Å². The molecule has 0 aliphatic heterocycles. The summed E-state index contributed by atoms with van der Waals surface area (Å²) in [5.41, 5.74) is 2.54. The third-order valence-electron chi connectivity index (χ3n) is 5.73. The van der Waals surface area contributed by atoms with Gasteiger partial charge in [-0.05, 0) is 73.9 Å². The summed E-state index contributed by atoms with van der Waals surface area (Å²) in [6.45, 7) is 7.13. The molecule has 0 bridgehead atoms. The second-order valence-corrected chi connectivity index (χ2v) is 11.2. The lowest BCUT2D eigenvalue weighted by Crippen LogP contribution is -2.25. The molecule has 2 N–H and O–H groups in total. The van der Waals surface area contributed by atoms with Crippen molar-refractivity contribution in [1.82, 2.24) is 15.0 Å². The van der Waals surface area contributed by atoms with Crippen LogP contribution in [0.25, 0.3) is 0 Å². The van der Waals surface area contributed by atoms with Crippen LogP contribution in [0.3, 0.4) is 0 Å². The third-order valence-corrected chi connectivity index (χ3v) is 8.06. The van der Waals surface area contributed by atoms with Gasteiger partial charge in [-0.2, -0.15) is 0 Å². The van der Waals surface area contributed by atoms with Crippen LogP contribution in [0.5, 0.6) is 11.5 Å². The van der Waals surface area contributed by atoms with Crippen LogP contribution in [0.2, 0.25) is 0 Å². The first-order valence-electron chi connectivity index (χ1n) is 11.2. The van der Waals surface area contributed by atoms with Crippen molar-refractivity contribution in [2.75, 3.05) is 19.1 Å². The maximum atomic E-state index is 10.3. The predicted molar refractivity (Wildman–Crippen MR) is 148 cm³/mol. The zero-order valence-electron chi connectivity index (χ0n) is 19.9. The van der Waals surface area contributed by atoms with Gasteiger partial charge >= 0.3 is 0 Å². The van der Waals surface area contributed by atoms with E-state index in [4.69, 9.17) is 21.1 Å². The largest absolute Gasteiger partial charge is 0.492 e. The van der Waals surface area contributed by atoms with Gasteiger partial charge in [-0.1, -0.05) is 44.2 Å². The van der Waals surface area contributed by atoms with E-state index in [0.29, 0.717) is 27.6 Å². The first-order chi connectivity index (χ1) is 16.6. The molecule has 0 saturated carbocycles. The SMILES string of the molecule is C[C@H](CCl)COc1ccc(C(C)(C)c2ccc(OC[C@@H](O)Cn3nnc(CO)c3[123I])cc2)cc1Br. The minimum atomic E-state index is -0.765. The molecule has 0 radical (unpaired) electrons. The smallest absolute Gasteiger partial charge is 0.133 e. The van der Waals surface area contributed by atoms with Crippen molar-refractivity contribution in [1.29, 1.82) is 0 Å². The van der Waals surface area contributed by atoms with Crippen molar-refractivity contribution >= 4 is 50.1 Å². The number of aromatic nitrogens is 3. The van der Waals surface area contributed by atoms with Crippen molar-refractivity contribution in [2.45, 2.75) is 45.4 Å². The van der Waals surface area contributed by atoms with Crippen LogP contribution in [0.1, 0.15) is 37.6 Å². The van der Waals surface area contributed by atoms with Crippen LogP contribution < -0.4 is 9.47 Å². The summed E-state index contributed by atoms with van der Waals surface area (Å²) in [6.07, 6.45) is -0.765. The topological polar surface area (TPSA) is 89.6 Å².